The van der Waals surface area contributed by atoms with Gasteiger partial charge in [0, 0.05) is 31.6 Å². The van der Waals surface area contributed by atoms with Gasteiger partial charge in [-0.2, -0.15) is 0 Å². The first-order chi connectivity index (χ1) is 14.7. The van der Waals surface area contributed by atoms with Gasteiger partial charge in [0.1, 0.15) is 5.52 Å². The lowest BCUT2D eigenvalue weighted by molar-refractivity contribution is 0.0703. The van der Waals surface area contributed by atoms with Crippen LogP contribution in [0, 0.1) is 0 Å². The van der Waals surface area contributed by atoms with Crippen molar-refractivity contribution in [2.75, 3.05) is 26.2 Å². The third-order valence-electron chi connectivity index (χ3n) is 5.59. The summed E-state index contributed by atoms with van der Waals surface area (Å²) in [5, 5.41) is 12.7. The van der Waals surface area contributed by atoms with Crippen molar-refractivity contribution in [2.45, 2.75) is 38.2 Å². The summed E-state index contributed by atoms with van der Waals surface area (Å²) in [5.74, 6) is 0.602. The highest BCUT2D eigenvalue weighted by molar-refractivity contribution is 5.97. The Morgan fingerprint density at radius 2 is 2.07 bits per heavy atom. The van der Waals surface area contributed by atoms with Gasteiger partial charge in [-0.15, -0.1) is 0 Å². The van der Waals surface area contributed by atoms with E-state index < -0.39 is 0 Å². The Balaban J connectivity index is 1.28. The Bertz CT molecular complexity index is 970. The zero-order valence-electron chi connectivity index (χ0n) is 17.2. The van der Waals surface area contributed by atoms with Gasteiger partial charge in [-0.1, -0.05) is 30.3 Å². The van der Waals surface area contributed by atoms with Crippen LogP contribution in [0.2, 0.25) is 0 Å². The number of nitrogens with one attached hydrogen (secondary N) is 1. The van der Waals surface area contributed by atoms with E-state index in [0.717, 1.165) is 50.7 Å². The second-order valence-electron chi connectivity index (χ2n) is 7.98. The van der Waals surface area contributed by atoms with Crippen LogP contribution in [0.1, 0.15) is 41.1 Å². The second-order valence-corrected chi connectivity index (χ2v) is 7.98. The number of aliphatic hydroxyl groups is 1. The molecule has 4 rings (SSSR count). The fraction of sp³-hybridized carbons (Fsp3) is 0.417. The molecule has 0 saturated carbocycles. The number of aryl methyl sites for hydroxylation is 2. The summed E-state index contributed by atoms with van der Waals surface area (Å²) < 4.78 is 5.84. The molecule has 1 atom stereocenters. The fourth-order valence-electron chi connectivity index (χ4n) is 3.98. The van der Waals surface area contributed by atoms with E-state index in [0.29, 0.717) is 30.1 Å². The van der Waals surface area contributed by atoms with Crippen LogP contribution in [0.3, 0.4) is 0 Å². The molecule has 6 nitrogen and oxygen atoms in total. The van der Waals surface area contributed by atoms with Crippen molar-refractivity contribution >= 4 is 17.0 Å². The van der Waals surface area contributed by atoms with Gasteiger partial charge >= 0.3 is 0 Å². The predicted octanol–water partition coefficient (Wildman–Crippen LogP) is 3.19. The Morgan fingerprint density at radius 3 is 2.90 bits per heavy atom. The topological polar surface area (TPSA) is 78.6 Å². The molecule has 1 aromatic heterocycles. The molecule has 3 aromatic rings. The van der Waals surface area contributed by atoms with Crippen LogP contribution < -0.4 is 5.32 Å². The number of oxazole rings is 1. The van der Waals surface area contributed by atoms with Crippen LogP contribution in [0.5, 0.6) is 0 Å². The number of β-amino-alcohol motifs (C(OH)–C–C–N with tert-alkyl or cyclic N) is 1. The molecular formula is C24H29N3O3. The summed E-state index contributed by atoms with van der Waals surface area (Å²) in [6, 6.07) is 15.8. The predicted molar refractivity (Wildman–Crippen MR) is 116 cm³/mol. The normalized spacial score (nSPS) is 17.3. The molecule has 0 unspecified atom stereocenters. The lowest BCUT2D eigenvalue weighted by atomic mass is 10.1. The van der Waals surface area contributed by atoms with Crippen molar-refractivity contribution in [3.63, 3.8) is 0 Å². The third kappa shape index (κ3) is 5.46. The molecule has 6 heteroatoms. The summed E-state index contributed by atoms with van der Waals surface area (Å²) in [7, 11) is 0. The molecule has 1 amide bonds. The Hall–Kier alpha value is -2.70. The highest BCUT2D eigenvalue weighted by atomic mass is 16.3. The number of nitrogens with zero attached hydrogens (tertiary/aromatic N) is 2. The first-order valence-electron chi connectivity index (χ1n) is 10.8. The number of aliphatic hydroxyl groups excluding tert-OH is 1. The molecule has 1 fully saturated rings. The molecule has 0 aliphatic carbocycles. The van der Waals surface area contributed by atoms with E-state index in [2.05, 4.69) is 39.5 Å². The first kappa shape index (κ1) is 20.6. The molecule has 1 saturated heterocycles. The van der Waals surface area contributed by atoms with Crippen LogP contribution in [-0.4, -0.2) is 53.2 Å². The van der Waals surface area contributed by atoms with Crippen molar-refractivity contribution in [3.8, 4) is 0 Å². The lowest BCUT2D eigenvalue weighted by Crippen LogP contribution is -2.42. The highest BCUT2D eigenvalue weighted by Crippen LogP contribution is 2.19. The van der Waals surface area contributed by atoms with Crippen LogP contribution in [0.25, 0.3) is 11.1 Å². The summed E-state index contributed by atoms with van der Waals surface area (Å²) in [4.78, 5) is 19.3. The zero-order valence-corrected chi connectivity index (χ0v) is 17.2. The maximum Gasteiger partial charge on any atom is 0.251 e. The number of likely N-dealkylation sites (tertiary alicyclic amines) is 1. The average molecular weight is 408 g/mol. The molecular weight excluding hydrogens is 378 g/mol. The lowest BCUT2D eigenvalue weighted by Gasteiger charge is -2.29. The van der Waals surface area contributed by atoms with Crippen molar-refractivity contribution in [1.29, 1.82) is 0 Å². The van der Waals surface area contributed by atoms with Crippen molar-refractivity contribution in [1.82, 2.24) is 15.2 Å². The van der Waals surface area contributed by atoms with Gasteiger partial charge < -0.3 is 14.8 Å². The number of hydrogen-bond acceptors (Lipinski definition) is 5. The monoisotopic (exact) mass is 407 g/mol. The standard InChI is InChI=1S/C24H29N3O3/c28-20-9-5-14-27(17-20)15-13-25-24(29)19-11-12-22-21(16-19)26-23(30-22)10-4-8-18-6-2-1-3-7-18/h1-3,6-7,11-12,16,20,28H,4-5,8-10,13-15,17H2,(H,25,29)/t20-/m1/s1. The largest absolute Gasteiger partial charge is 0.441 e. The van der Waals surface area contributed by atoms with E-state index >= 15 is 0 Å². The van der Waals surface area contributed by atoms with Crippen LogP contribution in [-0.2, 0) is 12.8 Å². The number of carbonyl (C=O) groups is 1. The molecule has 2 aromatic carbocycles. The van der Waals surface area contributed by atoms with Gasteiger partial charge in [0.2, 0.25) is 0 Å². The molecule has 30 heavy (non-hydrogen) atoms. The Labute approximate surface area is 176 Å². The maximum atomic E-state index is 12.5. The van der Waals surface area contributed by atoms with Crippen LogP contribution in [0.4, 0.5) is 0 Å². The zero-order chi connectivity index (χ0) is 20.8. The number of carbonyl (C=O) groups excluding carboxylic acids is 1. The van der Waals surface area contributed by atoms with Gasteiger partial charge in [-0.3, -0.25) is 9.69 Å². The van der Waals surface area contributed by atoms with Crippen LogP contribution in [0.15, 0.2) is 52.9 Å². The smallest absolute Gasteiger partial charge is 0.251 e. The average Bonchev–Trinajstić information content (AvgIpc) is 3.16. The molecule has 1 aliphatic heterocycles. The van der Waals surface area contributed by atoms with Gasteiger partial charge in [-0.05, 0) is 56.0 Å². The third-order valence-corrected chi connectivity index (χ3v) is 5.59. The molecule has 2 N–H and O–H groups in total. The number of benzene rings is 2. The molecule has 158 valence electrons. The summed E-state index contributed by atoms with van der Waals surface area (Å²) in [5.41, 5.74) is 3.33. The summed E-state index contributed by atoms with van der Waals surface area (Å²) in [6.45, 7) is 2.98. The molecule has 0 radical (unpaired) electrons. The van der Waals surface area contributed by atoms with Gasteiger partial charge in [-0.25, -0.2) is 4.98 Å². The minimum Gasteiger partial charge on any atom is -0.441 e. The number of aromatic nitrogens is 1. The fourth-order valence-corrected chi connectivity index (χ4v) is 3.98. The molecule has 1 aliphatic rings. The highest BCUT2D eigenvalue weighted by Gasteiger charge is 2.17. The number of piperidine rings is 1. The van der Waals surface area contributed by atoms with Crippen molar-refractivity contribution in [2.24, 2.45) is 0 Å². The van der Waals surface area contributed by atoms with E-state index in [1.165, 1.54) is 5.56 Å². The minimum atomic E-state index is -0.245. The number of fused-ring (bicyclic) bond motifs is 1. The summed E-state index contributed by atoms with van der Waals surface area (Å²) in [6.07, 6.45) is 4.36. The number of amides is 1. The van der Waals surface area contributed by atoms with Gasteiger partial charge in [0.15, 0.2) is 11.5 Å². The van der Waals surface area contributed by atoms with E-state index in [4.69, 9.17) is 4.42 Å². The summed E-state index contributed by atoms with van der Waals surface area (Å²) >= 11 is 0. The van der Waals surface area contributed by atoms with Gasteiger partial charge in [0.25, 0.3) is 5.91 Å². The molecule has 0 spiro atoms. The molecule has 2 heterocycles. The van der Waals surface area contributed by atoms with Crippen molar-refractivity contribution < 1.29 is 14.3 Å². The van der Waals surface area contributed by atoms with Crippen molar-refractivity contribution in [3.05, 3.63) is 65.5 Å². The quantitative estimate of drug-likeness (QED) is 0.600. The van der Waals surface area contributed by atoms with E-state index in [1.54, 1.807) is 12.1 Å². The Morgan fingerprint density at radius 1 is 1.20 bits per heavy atom. The van der Waals surface area contributed by atoms with E-state index in [9.17, 15) is 9.90 Å². The number of hydrogen-bond donors (Lipinski definition) is 2. The molecule has 0 bridgehead atoms. The maximum absolute atomic E-state index is 12.5. The first-order valence-corrected chi connectivity index (χ1v) is 10.8. The minimum absolute atomic E-state index is 0.108. The Kier molecular flexibility index (Phi) is 6.77. The SMILES string of the molecule is O=C(NCCN1CCC[C@@H](O)C1)c1ccc2oc(CCCc3ccccc3)nc2c1. The second kappa shape index (κ2) is 9.87. The van der Waals surface area contributed by atoms with Gasteiger partial charge in [0.05, 0.1) is 6.10 Å². The van der Waals surface area contributed by atoms with Crippen LogP contribution >= 0.6 is 0 Å². The van der Waals surface area contributed by atoms with E-state index in [1.807, 2.05) is 12.1 Å². The van der Waals surface area contributed by atoms with E-state index in [-0.39, 0.29) is 12.0 Å². The number of rotatable bonds is 8.